The van der Waals surface area contributed by atoms with Crippen LogP contribution in [-0.4, -0.2) is 31.0 Å². The maximum atomic E-state index is 12.5. The zero-order valence-electron chi connectivity index (χ0n) is 11.2. The van der Waals surface area contributed by atoms with E-state index >= 15 is 0 Å². The summed E-state index contributed by atoms with van der Waals surface area (Å²) in [5.41, 5.74) is 0. The summed E-state index contributed by atoms with van der Waals surface area (Å²) in [4.78, 5) is 11.6. The lowest BCUT2D eigenvalue weighted by molar-refractivity contribution is -0.117. The second-order valence-electron chi connectivity index (χ2n) is 4.54. The summed E-state index contributed by atoms with van der Waals surface area (Å²) < 4.78 is 28.7. The van der Waals surface area contributed by atoms with Crippen LogP contribution < -0.4 is 5.32 Å². The summed E-state index contributed by atoms with van der Waals surface area (Å²) >= 11 is 0.913. The maximum absolute atomic E-state index is 12.5. The molecule has 1 heterocycles. The minimum Gasteiger partial charge on any atom is -0.311 e. The SMILES string of the molecule is N=CC1SC(=NS(=O)(=O)c2cccc3ccccc23)NC1=O. The molecule has 1 amide bonds. The van der Waals surface area contributed by atoms with E-state index in [0.717, 1.165) is 23.4 Å². The Morgan fingerprint density at radius 1 is 1.18 bits per heavy atom. The maximum Gasteiger partial charge on any atom is 0.285 e. The number of benzene rings is 2. The first-order chi connectivity index (χ1) is 10.5. The molecule has 0 aromatic heterocycles. The average Bonchev–Trinajstić information content (AvgIpc) is 2.85. The molecule has 2 aromatic rings. The molecule has 1 unspecified atom stereocenters. The van der Waals surface area contributed by atoms with Crippen molar-refractivity contribution in [2.45, 2.75) is 10.1 Å². The quantitative estimate of drug-likeness (QED) is 0.836. The highest BCUT2D eigenvalue weighted by Gasteiger charge is 2.30. The minimum atomic E-state index is -3.95. The number of amidine groups is 1. The standard InChI is InChI=1S/C14H11N3O3S2/c15-8-11-13(18)16-14(21-11)17-22(19,20)12-7-3-5-9-4-1-2-6-10(9)12/h1-8,11,15H,(H,16,17,18). The summed E-state index contributed by atoms with van der Waals surface area (Å²) in [6.07, 6.45) is 0.951. The van der Waals surface area contributed by atoms with Gasteiger partial charge in [-0.15, -0.1) is 4.40 Å². The Balaban J connectivity index is 2.07. The monoisotopic (exact) mass is 333 g/mol. The number of nitrogens with zero attached hydrogens (tertiary/aromatic N) is 1. The normalized spacial score (nSPS) is 20.3. The summed E-state index contributed by atoms with van der Waals surface area (Å²) in [7, 11) is -3.95. The molecule has 112 valence electrons. The molecule has 1 aliphatic rings. The van der Waals surface area contributed by atoms with Gasteiger partial charge in [-0.05, 0) is 11.5 Å². The summed E-state index contributed by atoms with van der Waals surface area (Å²) in [5.74, 6) is -0.438. The molecule has 8 heteroatoms. The van der Waals surface area contributed by atoms with Gasteiger partial charge in [-0.25, -0.2) is 0 Å². The van der Waals surface area contributed by atoms with Crippen LogP contribution in [0, 0.1) is 5.41 Å². The Bertz CT molecular complexity index is 901. The molecule has 0 saturated carbocycles. The number of sulfonamides is 1. The number of fused-ring (bicyclic) bond motifs is 1. The van der Waals surface area contributed by atoms with E-state index in [1.807, 2.05) is 18.2 Å². The van der Waals surface area contributed by atoms with Gasteiger partial charge in [-0.1, -0.05) is 48.2 Å². The highest BCUT2D eigenvalue weighted by atomic mass is 32.2. The third-order valence-corrected chi connectivity index (χ3v) is 5.58. The number of hydrogen-bond acceptors (Lipinski definition) is 5. The van der Waals surface area contributed by atoms with E-state index in [0.29, 0.717) is 5.39 Å². The zero-order valence-corrected chi connectivity index (χ0v) is 12.8. The number of carbonyl (C=O) groups is 1. The summed E-state index contributed by atoms with van der Waals surface area (Å²) in [6.45, 7) is 0. The van der Waals surface area contributed by atoms with E-state index in [1.54, 1.807) is 18.2 Å². The van der Waals surface area contributed by atoms with E-state index in [9.17, 15) is 13.2 Å². The molecule has 22 heavy (non-hydrogen) atoms. The Morgan fingerprint density at radius 2 is 1.91 bits per heavy atom. The highest BCUT2D eigenvalue weighted by molar-refractivity contribution is 8.16. The molecule has 1 fully saturated rings. The van der Waals surface area contributed by atoms with Gasteiger partial charge >= 0.3 is 0 Å². The smallest absolute Gasteiger partial charge is 0.285 e. The van der Waals surface area contributed by atoms with Crippen LogP contribution in [0.3, 0.4) is 0 Å². The van der Waals surface area contributed by atoms with Gasteiger partial charge in [0.1, 0.15) is 5.25 Å². The van der Waals surface area contributed by atoms with Crippen molar-refractivity contribution < 1.29 is 13.2 Å². The molecule has 0 bridgehead atoms. The molecular formula is C14H11N3O3S2. The topological polar surface area (TPSA) is 99.4 Å². The molecule has 0 radical (unpaired) electrons. The fourth-order valence-corrected chi connectivity index (χ4v) is 4.29. The third-order valence-electron chi connectivity index (χ3n) is 3.11. The second kappa shape index (κ2) is 5.54. The molecule has 2 N–H and O–H groups in total. The Labute approximate surface area is 131 Å². The Hall–Kier alpha value is -2.19. The molecule has 0 aliphatic carbocycles. The molecular weight excluding hydrogens is 322 g/mol. The van der Waals surface area contributed by atoms with Gasteiger partial charge in [0, 0.05) is 11.6 Å². The van der Waals surface area contributed by atoms with Gasteiger partial charge < -0.3 is 10.7 Å². The molecule has 6 nitrogen and oxygen atoms in total. The molecule has 1 saturated heterocycles. The fourth-order valence-electron chi connectivity index (χ4n) is 2.11. The zero-order chi connectivity index (χ0) is 15.7. The van der Waals surface area contributed by atoms with E-state index < -0.39 is 21.2 Å². The molecule has 3 rings (SSSR count). The molecule has 0 spiro atoms. The predicted molar refractivity (Wildman–Crippen MR) is 86.9 cm³/mol. The summed E-state index contributed by atoms with van der Waals surface area (Å²) in [6, 6.07) is 12.1. The lowest BCUT2D eigenvalue weighted by Crippen LogP contribution is -2.25. The van der Waals surface area contributed by atoms with Crippen LogP contribution in [0.4, 0.5) is 0 Å². The lowest BCUT2D eigenvalue weighted by Gasteiger charge is -2.05. The molecule has 1 aliphatic heterocycles. The number of thioether (sulfide) groups is 1. The van der Waals surface area contributed by atoms with Crippen molar-refractivity contribution in [2.75, 3.05) is 0 Å². The number of hydrogen-bond donors (Lipinski definition) is 2. The number of carbonyl (C=O) groups excluding carboxylic acids is 1. The average molecular weight is 333 g/mol. The van der Waals surface area contributed by atoms with Crippen molar-refractivity contribution in [3.63, 3.8) is 0 Å². The van der Waals surface area contributed by atoms with Gasteiger partial charge in [0.15, 0.2) is 5.17 Å². The predicted octanol–water partition coefficient (Wildman–Crippen LogP) is 1.77. The molecule has 2 aromatic carbocycles. The third kappa shape index (κ3) is 2.62. The van der Waals surface area contributed by atoms with E-state index in [2.05, 4.69) is 9.71 Å². The van der Waals surface area contributed by atoms with Crippen LogP contribution in [0.1, 0.15) is 0 Å². The Kier molecular flexibility index (Phi) is 3.71. The van der Waals surface area contributed by atoms with Crippen LogP contribution in [0.5, 0.6) is 0 Å². The highest BCUT2D eigenvalue weighted by Crippen LogP contribution is 2.26. The number of nitrogens with one attached hydrogen (secondary N) is 2. The van der Waals surface area contributed by atoms with Gasteiger partial charge in [-0.3, -0.25) is 4.79 Å². The Morgan fingerprint density at radius 3 is 2.64 bits per heavy atom. The fraction of sp³-hybridized carbons (Fsp3) is 0.0714. The first-order valence-electron chi connectivity index (χ1n) is 6.32. The van der Waals surface area contributed by atoms with Crippen molar-refractivity contribution in [1.82, 2.24) is 5.32 Å². The van der Waals surface area contributed by atoms with Gasteiger partial charge in [0.05, 0.1) is 4.90 Å². The van der Waals surface area contributed by atoms with Crippen molar-refractivity contribution in [2.24, 2.45) is 4.40 Å². The van der Waals surface area contributed by atoms with Crippen LogP contribution in [0.2, 0.25) is 0 Å². The second-order valence-corrected chi connectivity index (χ2v) is 7.25. The first-order valence-corrected chi connectivity index (χ1v) is 8.64. The van der Waals surface area contributed by atoms with E-state index in [4.69, 9.17) is 5.41 Å². The number of amides is 1. The van der Waals surface area contributed by atoms with Gasteiger partial charge in [-0.2, -0.15) is 8.42 Å². The van der Waals surface area contributed by atoms with Crippen molar-refractivity contribution in [1.29, 1.82) is 5.41 Å². The van der Waals surface area contributed by atoms with Gasteiger partial charge in [0.2, 0.25) is 5.91 Å². The number of rotatable bonds is 3. The van der Waals surface area contributed by atoms with E-state index in [1.165, 1.54) is 6.07 Å². The largest absolute Gasteiger partial charge is 0.311 e. The first kappa shape index (κ1) is 14.7. The van der Waals surface area contributed by atoms with Crippen LogP contribution in [0.15, 0.2) is 51.8 Å². The summed E-state index contributed by atoms with van der Waals surface area (Å²) in [5, 5.41) is 10.1. The lowest BCUT2D eigenvalue weighted by atomic mass is 10.1. The van der Waals surface area contributed by atoms with E-state index in [-0.39, 0.29) is 10.1 Å². The van der Waals surface area contributed by atoms with Crippen LogP contribution in [-0.2, 0) is 14.8 Å². The minimum absolute atomic E-state index is 0.00793. The van der Waals surface area contributed by atoms with Crippen molar-refractivity contribution in [3.05, 3.63) is 42.5 Å². The van der Waals surface area contributed by atoms with Crippen molar-refractivity contribution in [3.8, 4) is 0 Å². The van der Waals surface area contributed by atoms with Crippen molar-refractivity contribution >= 4 is 49.8 Å². The van der Waals surface area contributed by atoms with Crippen LogP contribution in [0.25, 0.3) is 10.8 Å². The van der Waals surface area contributed by atoms with Gasteiger partial charge in [0.25, 0.3) is 10.0 Å². The molecule has 1 atom stereocenters. The van der Waals surface area contributed by atoms with Crippen LogP contribution >= 0.6 is 11.8 Å².